The number of rotatable bonds is 3. The summed E-state index contributed by atoms with van der Waals surface area (Å²) in [5.41, 5.74) is 0.524. The van der Waals surface area contributed by atoms with Crippen molar-refractivity contribution in [1.29, 1.82) is 0 Å². The SMILES string of the molecule is COc1ccc(C(Br)c2ccco2)c(F)c1. The van der Waals surface area contributed by atoms with Crippen molar-refractivity contribution in [3.05, 3.63) is 53.7 Å². The third-order valence-electron chi connectivity index (χ3n) is 2.27. The van der Waals surface area contributed by atoms with Crippen molar-refractivity contribution in [2.75, 3.05) is 7.11 Å². The van der Waals surface area contributed by atoms with Crippen molar-refractivity contribution in [2.45, 2.75) is 4.83 Å². The first-order valence-electron chi connectivity index (χ1n) is 4.73. The van der Waals surface area contributed by atoms with Crippen molar-refractivity contribution in [1.82, 2.24) is 0 Å². The van der Waals surface area contributed by atoms with Crippen molar-refractivity contribution >= 4 is 15.9 Å². The molecule has 0 aliphatic rings. The van der Waals surface area contributed by atoms with Gasteiger partial charge in [-0.05, 0) is 18.2 Å². The van der Waals surface area contributed by atoms with E-state index in [0.29, 0.717) is 17.1 Å². The van der Waals surface area contributed by atoms with Crippen molar-refractivity contribution in [3.63, 3.8) is 0 Å². The smallest absolute Gasteiger partial charge is 0.131 e. The molecule has 2 rings (SSSR count). The second-order valence-corrected chi connectivity index (χ2v) is 4.18. The molecule has 16 heavy (non-hydrogen) atoms. The Hall–Kier alpha value is -1.29. The second-order valence-electron chi connectivity index (χ2n) is 3.27. The maximum atomic E-state index is 13.7. The summed E-state index contributed by atoms with van der Waals surface area (Å²) < 4.78 is 23.9. The van der Waals surface area contributed by atoms with Gasteiger partial charge in [0.15, 0.2) is 0 Å². The van der Waals surface area contributed by atoms with Crippen LogP contribution in [-0.4, -0.2) is 7.11 Å². The van der Waals surface area contributed by atoms with Crippen LogP contribution in [0.15, 0.2) is 41.0 Å². The molecule has 0 saturated heterocycles. The van der Waals surface area contributed by atoms with E-state index in [2.05, 4.69) is 15.9 Å². The maximum Gasteiger partial charge on any atom is 0.131 e. The van der Waals surface area contributed by atoms with Gasteiger partial charge in [-0.3, -0.25) is 0 Å². The first-order valence-corrected chi connectivity index (χ1v) is 5.65. The molecular formula is C12H10BrFO2. The molecule has 1 unspecified atom stereocenters. The number of ether oxygens (including phenoxy) is 1. The summed E-state index contributed by atoms with van der Waals surface area (Å²) in [6, 6.07) is 8.31. The predicted molar refractivity (Wildman–Crippen MR) is 62.4 cm³/mol. The Morgan fingerprint density at radius 2 is 2.19 bits per heavy atom. The van der Waals surface area contributed by atoms with Crippen LogP contribution in [0.2, 0.25) is 0 Å². The molecule has 84 valence electrons. The molecule has 0 radical (unpaired) electrons. The van der Waals surface area contributed by atoms with Gasteiger partial charge in [-0.1, -0.05) is 22.0 Å². The molecule has 1 aromatic heterocycles. The molecule has 0 fully saturated rings. The lowest BCUT2D eigenvalue weighted by Gasteiger charge is -2.09. The van der Waals surface area contributed by atoms with E-state index in [1.807, 2.05) is 0 Å². The number of hydrogen-bond donors (Lipinski definition) is 0. The van der Waals surface area contributed by atoms with Crippen molar-refractivity contribution in [3.8, 4) is 5.75 Å². The Morgan fingerprint density at radius 1 is 1.38 bits per heavy atom. The van der Waals surface area contributed by atoms with Crippen LogP contribution in [-0.2, 0) is 0 Å². The fourth-order valence-electron chi connectivity index (χ4n) is 1.43. The summed E-state index contributed by atoms with van der Waals surface area (Å²) >= 11 is 3.40. The Labute approximate surface area is 101 Å². The highest BCUT2D eigenvalue weighted by Crippen LogP contribution is 2.33. The van der Waals surface area contributed by atoms with E-state index >= 15 is 0 Å². The number of halogens is 2. The van der Waals surface area contributed by atoms with Crippen LogP contribution in [0.4, 0.5) is 4.39 Å². The summed E-state index contributed by atoms with van der Waals surface area (Å²) in [7, 11) is 1.51. The van der Waals surface area contributed by atoms with Gasteiger partial charge in [0.2, 0.25) is 0 Å². The lowest BCUT2D eigenvalue weighted by molar-refractivity contribution is 0.410. The Kier molecular flexibility index (Phi) is 3.29. The Bertz CT molecular complexity index is 468. The number of hydrogen-bond acceptors (Lipinski definition) is 2. The largest absolute Gasteiger partial charge is 0.497 e. The molecule has 0 spiro atoms. The highest BCUT2D eigenvalue weighted by molar-refractivity contribution is 9.09. The van der Waals surface area contributed by atoms with Gasteiger partial charge in [0, 0.05) is 11.6 Å². The molecule has 1 atom stereocenters. The summed E-state index contributed by atoms with van der Waals surface area (Å²) in [6.45, 7) is 0. The third kappa shape index (κ3) is 2.11. The summed E-state index contributed by atoms with van der Waals surface area (Å²) in [4.78, 5) is -0.284. The van der Waals surface area contributed by atoms with E-state index < -0.39 is 0 Å². The minimum Gasteiger partial charge on any atom is -0.497 e. The zero-order chi connectivity index (χ0) is 11.5. The molecule has 0 aliphatic heterocycles. The zero-order valence-corrected chi connectivity index (χ0v) is 10.2. The lowest BCUT2D eigenvalue weighted by Crippen LogP contribution is -1.96. The number of benzene rings is 1. The van der Waals surface area contributed by atoms with Gasteiger partial charge in [0.05, 0.1) is 13.4 Å². The van der Waals surface area contributed by atoms with Gasteiger partial charge >= 0.3 is 0 Å². The van der Waals surface area contributed by atoms with Gasteiger partial charge in [0.1, 0.15) is 22.2 Å². The van der Waals surface area contributed by atoms with Crippen LogP contribution >= 0.6 is 15.9 Å². The molecule has 0 amide bonds. The fraction of sp³-hybridized carbons (Fsp3) is 0.167. The summed E-state index contributed by atoms with van der Waals surface area (Å²) in [6.07, 6.45) is 1.56. The van der Waals surface area contributed by atoms with Crippen molar-refractivity contribution in [2.24, 2.45) is 0 Å². The van der Waals surface area contributed by atoms with Gasteiger partial charge < -0.3 is 9.15 Å². The summed E-state index contributed by atoms with van der Waals surface area (Å²) in [5.74, 6) is 0.849. The van der Waals surface area contributed by atoms with E-state index in [9.17, 15) is 4.39 Å². The van der Waals surface area contributed by atoms with Gasteiger partial charge in [0.25, 0.3) is 0 Å². The highest BCUT2D eigenvalue weighted by Gasteiger charge is 2.17. The standard InChI is InChI=1S/C12H10BrFO2/c1-15-8-4-5-9(10(14)7-8)12(13)11-3-2-6-16-11/h2-7,12H,1H3. The minimum atomic E-state index is -0.322. The minimum absolute atomic E-state index is 0.284. The summed E-state index contributed by atoms with van der Waals surface area (Å²) in [5, 5.41) is 0. The zero-order valence-electron chi connectivity index (χ0n) is 8.61. The Balaban J connectivity index is 2.34. The molecular weight excluding hydrogens is 275 g/mol. The maximum absolute atomic E-state index is 13.7. The molecule has 1 heterocycles. The van der Waals surface area contributed by atoms with E-state index in [0.717, 1.165) is 0 Å². The molecule has 2 aromatic rings. The van der Waals surface area contributed by atoms with E-state index in [-0.39, 0.29) is 10.6 Å². The molecule has 0 N–H and O–H groups in total. The first-order chi connectivity index (χ1) is 7.72. The van der Waals surface area contributed by atoms with E-state index in [4.69, 9.17) is 9.15 Å². The van der Waals surface area contributed by atoms with Crippen LogP contribution in [0.1, 0.15) is 16.2 Å². The first kappa shape index (κ1) is 11.2. The number of alkyl halides is 1. The fourth-order valence-corrected chi connectivity index (χ4v) is 2.06. The molecule has 0 aliphatic carbocycles. The quantitative estimate of drug-likeness (QED) is 0.798. The topological polar surface area (TPSA) is 22.4 Å². The van der Waals surface area contributed by atoms with Gasteiger partial charge in [-0.15, -0.1) is 0 Å². The molecule has 1 aromatic carbocycles. The molecule has 4 heteroatoms. The third-order valence-corrected chi connectivity index (χ3v) is 3.22. The Morgan fingerprint density at radius 3 is 2.75 bits per heavy atom. The highest BCUT2D eigenvalue weighted by atomic mass is 79.9. The van der Waals surface area contributed by atoms with Gasteiger partial charge in [-0.2, -0.15) is 0 Å². The van der Waals surface area contributed by atoms with E-state index in [1.165, 1.54) is 13.2 Å². The monoisotopic (exact) mass is 284 g/mol. The van der Waals surface area contributed by atoms with Crippen LogP contribution in [0.5, 0.6) is 5.75 Å². The average Bonchev–Trinajstić information content (AvgIpc) is 2.81. The van der Waals surface area contributed by atoms with Crippen LogP contribution in [0, 0.1) is 5.82 Å². The van der Waals surface area contributed by atoms with Crippen LogP contribution in [0.3, 0.4) is 0 Å². The second kappa shape index (κ2) is 4.70. The van der Waals surface area contributed by atoms with Crippen molar-refractivity contribution < 1.29 is 13.5 Å². The van der Waals surface area contributed by atoms with Crippen LogP contribution < -0.4 is 4.74 Å². The molecule has 0 saturated carbocycles. The lowest BCUT2D eigenvalue weighted by atomic mass is 10.1. The molecule has 0 bridgehead atoms. The predicted octanol–water partition coefficient (Wildman–Crippen LogP) is 3.91. The molecule has 2 nitrogen and oxygen atoms in total. The number of methoxy groups -OCH3 is 1. The normalized spacial score (nSPS) is 12.4. The average molecular weight is 285 g/mol. The van der Waals surface area contributed by atoms with Gasteiger partial charge in [-0.25, -0.2) is 4.39 Å². The van der Waals surface area contributed by atoms with E-state index in [1.54, 1.807) is 30.5 Å². The number of furan rings is 1. The van der Waals surface area contributed by atoms with Crippen LogP contribution in [0.25, 0.3) is 0 Å².